The maximum atomic E-state index is 11.9. The number of aliphatic imine (C=N–C) groups is 1. The van der Waals surface area contributed by atoms with Gasteiger partial charge in [-0.2, -0.15) is 0 Å². The molecule has 8 heteroatoms. The minimum absolute atomic E-state index is 0.0704. The summed E-state index contributed by atoms with van der Waals surface area (Å²) in [5.41, 5.74) is 1.72. The average Bonchev–Trinajstić information content (AvgIpc) is 2.75. The topological polar surface area (TPSA) is 92.3 Å². The number of ether oxygens (including phenoxy) is 2. The third-order valence-electron chi connectivity index (χ3n) is 2.32. The highest BCUT2D eigenvalue weighted by atomic mass is 16.6. The van der Waals surface area contributed by atoms with Gasteiger partial charge in [-0.15, -0.1) is 4.99 Å². The van der Waals surface area contributed by atoms with Crippen LogP contribution in [0.5, 0.6) is 0 Å². The molecule has 0 saturated carbocycles. The largest absolute Gasteiger partial charge is 0.444 e. The van der Waals surface area contributed by atoms with E-state index < -0.39 is 23.4 Å². The molecule has 0 aromatic carbocycles. The van der Waals surface area contributed by atoms with Crippen LogP contribution in [0.4, 0.5) is 9.59 Å². The first-order valence-corrected chi connectivity index (χ1v) is 7.29. The normalized spacial score (nSPS) is 16.5. The number of amides is 2. The first kappa shape index (κ1) is 18.2. The zero-order chi connectivity index (χ0) is 17.0. The summed E-state index contributed by atoms with van der Waals surface area (Å²) < 4.78 is 10.3. The second-order valence-electron chi connectivity index (χ2n) is 6.96. The van der Waals surface area contributed by atoms with Crippen molar-refractivity contribution in [3.8, 4) is 0 Å². The van der Waals surface area contributed by atoms with E-state index in [4.69, 9.17) is 9.47 Å². The molecule has 1 rings (SSSR count). The van der Waals surface area contributed by atoms with Crippen molar-refractivity contribution in [2.45, 2.75) is 59.2 Å². The molecule has 0 aliphatic carbocycles. The van der Waals surface area contributed by atoms with Gasteiger partial charge in [-0.25, -0.2) is 15.0 Å². The summed E-state index contributed by atoms with van der Waals surface area (Å²) in [6, 6.07) is 0. The number of guanidine groups is 1. The van der Waals surface area contributed by atoms with Gasteiger partial charge < -0.3 is 9.47 Å². The fourth-order valence-electron chi connectivity index (χ4n) is 1.63. The highest BCUT2D eigenvalue weighted by Gasteiger charge is 2.24. The number of carbonyl (C=O) groups excluding carboxylic acids is 2. The molecule has 1 fully saturated rings. The Balaban J connectivity index is 2.80. The Hall–Kier alpha value is -1.83. The molecule has 0 atom stereocenters. The van der Waals surface area contributed by atoms with Gasteiger partial charge in [0.25, 0.3) is 0 Å². The number of hydrogen-bond donors (Lipinski definition) is 2. The van der Waals surface area contributed by atoms with Crippen LogP contribution in [-0.2, 0) is 9.47 Å². The molecule has 0 aromatic heterocycles. The summed E-state index contributed by atoms with van der Waals surface area (Å²) in [6.45, 7) is 11.9. The molecule has 1 heterocycles. The van der Waals surface area contributed by atoms with Crippen molar-refractivity contribution in [2.24, 2.45) is 4.99 Å². The fourth-order valence-corrected chi connectivity index (χ4v) is 1.63. The highest BCUT2D eigenvalue weighted by Crippen LogP contribution is 2.10. The molecule has 8 nitrogen and oxygen atoms in total. The summed E-state index contributed by atoms with van der Waals surface area (Å²) in [4.78, 5) is 27.5. The van der Waals surface area contributed by atoms with Gasteiger partial charge in [0.2, 0.25) is 5.96 Å². The third kappa shape index (κ3) is 7.26. The molecule has 2 N–H and O–H groups in total. The molecule has 126 valence electrons. The summed E-state index contributed by atoms with van der Waals surface area (Å²) in [6.07, 6.45) is -0.570. The van der Waals surface area contributed by atoms with Crippen molar-refractivity contribution in [3.63, 3.8) is 0 Å². The fraction of sp³-hybridized carbons (Fsp3) is 0.786. The van der Waals surface area contributed by atoms with Crippen LogP contribution in [-0.4, -0.2) is 47.4 Å². The number of hydrogen-bond acceptors (Lipinski definition) is 5. The van der Waals surface area contributed by atoms with Gasteiger partial charge >= 0.3 is 12.2 Å². The lowest BCUT2D eigenvalue weighted by Gasteiger charge is -2.24. The van der Waals surface area contributed by atoms with Gasteiger partial charge in [-0.05, 0) is 48.0 Å². The van der Waals surface area contributed by atoms with E-state index in [1.165, 1.54) is 0 Å². The van der Waals surface area contributed by atoms with Crippen LogP contribution in [0, 0.1) is 0 Å². The SMILES string of the molecule is CC(C)(C)OC(=O)/N=C(/NC(=O)OC(C)(C)C)N1CCCN1. The maximum Gasteiger partial charge on any atom is 0.437 e. The number of alkyl carbamates (subject to hydrolysis) is 1. The van der Waals surface area contributed by atoms with E-state index in [1.807, 2.05) is 0 Å². The lowest BCUT2D eigenvalue weighted by molar-refractivity contribution is 0.0553. The van der Waals surface area contributed by atoms with Crippen LogP contribution in [0.25, 0.3) is 0 Å². The van der Waals surface area contributed by atoms with Crippen molar-refractivity contribution in [1.82, 2.24) is 15.8 Å². The monoisotopic (exact) mass is 314 g/mol. The van der Waals surface area contributed by atoms with Crippen molar-refractivity contribution in [1.29, 1.82) is 0 Å². The standard InChI is InChI=1S/C14H26N4O4/c1-13(2,3)21-11(19)16-10(18-9-7-8-15-18)17-12(20)22-14(4,5)6/h15H,7-9H2,1-6H3,(H,16,17,19,20). The maximum absolute atomic E-state index is 11.9. The zero-order valence-corrected chi connectivity index (χ0v) is 14.1. The van der Waals surface area contributed by atoms with E-state index in [0.29, 0.717) is 6.54 Å². The quantitative estimate of drug-likeness (QED) is 0.525. The summed E-state index contributed by atoms with van der Waals surface area (Å²) in [7, 11) is 0. The molecule has 0 unspecified atom stereocenters. The lowest BCUT2D eigenvalue weighted by Crippen LogP contribution is -2.49. The lowest BCUT2D eigenvalue weighted by atomic mass is 10.2. The highest BCUT2D eigenvalue weighted by molar-refractivity contribution is 5.98. The molecule has 0 radical (unpaired) electrons. The summed E-state index contributed by atoms with van der Waals surface area (Å²) in [5, 5.41) is 4.07. The molecule has 0 spiro atoms. The Labute approximate surface area is 131 Å². The Morgan fingerprint density at radius 2 is 1.68 bits per heavy atom. The predicted molar refractivity (Wildman–Crippen MR) is 82.4 cm³/mol. The molecule has 1 saturated heterocycles. The molecular weight excluding hydrogens is 288 g/mol. The van der Waals surface area contributed by atoms with E-state index in [9.17, 15) is 9.59 Å². The minimum atomic E-state index is -0.771. The number of carbonyl (C=O) groups is 2. The van der Waals surface area contributed by atoms with E-state index >= 15 is 0 Å². The van der Waals surface area contributed by atoms with Crippen LogP contribution in [0.1, 0.15) is 48.0 Å². The van der Waals surface area contributed by atoms with E-state index in [-0.39, 0.29) is 5.96 Å². The number of nitrogens with zero attached hydrogens (tertiary/aromatic N) is 2. The Kier molecular flexibility index (Phi) is 5.76. The van der Waals surface area contributed by atoms with Crippen molar-refractivity contribution >= 4 is 18.1 Å². The van der Waals surface area contributed by atoms with E-state index in [2.05, 4.69) is 15.7 Å². The van der Waals surface area contributed by atoms with Crippen molar-refractivity contribution in [3.05, 3.63) is 0 Å². The second-order valence-corrected chi connectivity index (χ2v) is 6.96. The second kappa shape index (κ2) is 6.95. The number of hydrazine groups is 1. The first-order chi connectivity index (χ1) is 9.96. The zero-order valence-electron chi connectivity index (χ0n) is 14.1. The minimum Gasteiger partial charge on any atom is -0.444 e. The van der Waals surface area contributed by atoms with Gasteiger partial charge in [0.1, 0.15) is 11.2 Å². The van der Waals surface area contributed by atoms with Crippen LogP contribution in [0.3, 0.4) is 0 Å². The number of rotatable bonds is 0. The molecule has 0 aromatic rings. The van der Waals surface area contributed by atoms with Crippen LogP contribution < -0.4 is 10.7 Å². The molecule has 1 aliphatic rings. The van der Waals surface area contributed by atoms with E-state index in [0.717, 1.165) is 13.0 Å². The van der Waals surface area contributed by atoms with Crippen molar-refractivity contribution < 1.29 is 19.1 Å². The summed E-state index contributed by atoms with van der Waals surface area (Å²) >= 11 is 0. The molecule has 0 bridgehead atoms. The van der Waals surface area contributed by atoms with Gasteiger partial charge in [-0.1, -0.05) is 0 Å². The van der Waals surface area contributed by atoms with E-state index in [1.54, 1.807) is 46.6 Å². The first-order valence-electron chi connectivity index (χ1n) is 7.29. The third-order valence-corrected chi connectivity index (χ3v) is 2.32. The van der Waals surface area contributed by atoms with Gasteiger partial charge in [-0.3, -0.25) is 10.3 Å². The molecule has 1 aliphatic heterocycles. The Morgan fingerprint density at radius 3 is 2.14 bits per heavy atom. The summed E-state index contributed by atoms with van der Waals surface area (Å²) in [5.74, 6) is 0.0704. The smallest absolute Gasteiger partial charge is 0.437 e. The van der Waals surface area contributed by atoms with Gasteiger partial charge in [0, 0.05) is 13.1 Å². The number of nitrogens with one attached hydrogen (secondary N) is 2. The van der Waals surface area contributed by atoms with Crippen LogP contribution in [0.15, 0.2) is 4.99 Å². The Morgan fingerprint density at radius 1 is 1.09 bits per heavy atom. The molecular formula is C14H26N4O4. The van der Waals surface area contributed by atoms with Crippen LogP contribution in [0.2, 0.25) is 0 Å². The molecule has 22 heavy (non-hydrogen) atoms. The molecule has 2 amide bonds. The van der Waals surface area contributed by atoms with Gasteiger partial charge in [0.15, 0.2) is 0 Å². The van der Waals surface area contributed by atoms with Crippen molar-refractivity contribution in [2.75, 3.05) is 13.1 Å². The predicted octanol–water partition coefficient (Wildman–Crippen LogP) is 2.01. The van der Waals surface area contributed by atoms with Gasteiger partial charge in [0.05, 0.1) is 0 Å². The average molecular weight is 314 g/mol. The van der Waals surface area contributed by atoms with Crippen LogP contribution >= 0.6 is 0 Å². The Bertz CT molecular complexity index is 443.